The Morgan fingerprint density at radius 2 is 1.85 bits per heavy atom. The van der Waals surface area contributed by atoms with E-state index in [4.69, 9.17) is 9.84 Å². The average Bonchev–Trinajstić information content (AvgIpc) is 3.60. The minimum absolute atomic E-state index is 0.218. The molecule has 2 aromatic carbocycles. The molecule has 1 aliphatic heterocycles. The SMILES string of the molecule is CC(C)c1cc(NC(=O)Nc2ccc(Oc3ccnc(-c4cnn(C)c4)c3)cc2)n(-c2ccc3c(c2)CCNC3)n1. The molecule has 0 bridgehead atoms. The Hall–Kier alpha value is -4.96. The van der Waals surface area contributed by atoms with Gasteiger partial charge in [0, 0.05) is 49.4 Å². The molecule has 0 saturated heterocycles. The normalized spacial score (nSPS) is 12.7. The van der Waals surface area contributed by atoms with Crippen LogP contribution >= 0.6 is 0 Å². The number of carbonyl (C=O) groups is 1. The van der Waals surface area contributed by atoms with Crippen LogP contribution in [0.25, 0.3) is 16.9 Å². The predicted molar refractivity (Wildman–Crippen MR) is 159 cm³/mol. The first-order chi connectivity index (χ1) is 19.9. The number of urea groups is 1. The van der Waals surface area contributed by atoms with E-state index in [9.17, 15) is 4.79 Å². The summed E-state index contributed by atoms with van der Waals surface area (Å²) in [6, 6.07) is 18.8. The van der Waals surface area contributed by atoms with Gasteiger partial charge in [-0.15, -0.1) is 0 Å². The van der Waals surface area contributed by atoms with Gasteiger partial charge < -0.3 is 15.4 Å². The van der Waals surface area contributed by atoms with E-state index in [-0.39, 0.29) is 11.9 Å². The van der Waals surface area contributed by atoms with Crippen molar-refractivity contribution >= 4 is 17.5 Å². The molecular weight excluding hydrogens is 516 g/mol. The van der Waals surface area contributed by atoms with Crippen LogP contribution in [0.5, 0.6) is 11.5 Å². The molecule has 0 spiro atoms. The number of aryl methyl sites for hydroxylation is 1. The zero-order valence-electron chi connectivity index (χ0n) is 23.3. The summed E-state index contributed by atoms with van der Waals surface area (Å²) in [6.07, 6.45) is 6.34. The lowest BCUT2D eigenvalue weighted by Gasteiger charge is -2.18. The van der Waals surface area contributed by atoms with Crippen LogP contribution in [0.3, 0.4) is 0 Å². The van der Waals surface area contributed by atoms with Crippen LogP contribution in [0, 0.1) is 0 Å². The van der Waals surface area contributed by atoms with Crippen LogP contribution in [0.4, 0.5) is 16.3 Å². The van der Waals surface area contributed by atoms with Crippen molar-refractivity contribution < 1.29 is 9.53 Å². The van der Waals surface area contributed by atoms with E-state index in [1.807, 2.05) is 48.3 Å². The molecule has 5 aromatic rings. The molecule has 0 atom stereocenters. The summed E-state index contributed by atoms with van der Waals surface area (Å²) in [5, 5.41) is 18.3. The summed E-state index contributed by atoms with van der Waals surface area (Å²) in [5.41, 5.74) is 6.76. The number of benzene rings is 2. The van der Waals surface area contributed by atoms with E-state index in [0.29, 0.717) is 23.0 Å². The Labute approximate surface area is 238 Å². The van der Waals surface area contributed by atoms with Gasteiger partial charge in [-0.05, 0) is 72.5 Å². The number of hydrogen-bond donors (Lipinski definition) is 3. The van der Waals surface area contributed by atoms with Crippen molar-refractivity contribution in [3.63, 3.8) is 0 Å². The van der Waals surface area contributed by atoms with Crippen molar-refractivity contribution in [2.24, 2.45) is 7.05 Å². The lowest BCUT2D eigenvalue weighted by Crippen LogP contribution is -2.24. The summed E-state index contributed by atoms with van der Waals surface area (Å²) in [4.78, 5) is 17.4. The second kappa shape index (κ2) is 11.3. The highest BCUT2D eigenvalue weighted by Crippen LogP contribution is 2.28. The molecule has 10 nitrogen and oxygen atoms in total. The number of hydrogen-bond acceptors (Lipinski definition) is 6. The smallest absolute Gasteiger partial charge is 0.324 e. The fourth-order valence-corrected chi connectivity index (χ4v) is 4.77. The maximum absolute atomic E-state index is 13.0. The van der Waals surface area contributed by atoms with E-state index in [0.717, 1.165) is 42.1 Å². The minimum atomic E-state index is -0.354. The predicted octanol–water partition coefficient (Wildman–Crippen LogP) is 5.87. The monoisotopic (exact) mass is 548 g/mol. The Balaban J connectivity index is 1.14. The van der Waals surface area contributed by atoms with E-state index in [1.165, 1.54) is 11.1 Å². The summed E-state index contributed by atoms with van der Waals surface area (Å²) >= 11 is 0. The van der Waals surface area contributed by atoms with Gasteiger partial charge in [-0.2, -0.15) is 10.2 Å². The molecule has 6 rings (SSSR count). The summed E-state index contributed by atoms with van der Waals surface area (Å²) in [6.45, 7) is 6.01. The van der Waals surface area contributed by atoms with Crippen molar-refractivity contribution in [2.45, 2.75) is 32.7 Å². The van der Waals surface area contributed by atoms with E-state index >= 15 is 0 Å². The molecule has 0 unspecified atom stereocenters. The highest BCUT2D eigenvalue weighted by Gasteiger charge is 2.17. The topological polar surface area (TPSA) is 111 Å². The van der Waals surface area contributed by atoms with Crippen molar-refractivity contribution in [3.05, 3.63) is 96.1 Å². The molecule has 10 heteroatoms. The van der Waals surface area contributed by atoms with Crippen molar-refractivity contribution in [2.75, 3.05) is 17.2 Å². The summed E-state index contributed by atoms with van der Waals surface area (Å²) < 4.78 is 9.56. The zero-order valence-corrected chi connectivity index (χ0v) is 23.3. The largest absolute Gasteiger partial charge is 0.457 e. The fraction of sp³-hybridized carbons (Fsp3) is 0.226. The van der Waals surface area contributed by atoms with Gasteiger partial charge in [0.25, 0.3) is 0 Å². The molecule has 0 aliphatic carbocycles. The lowest BCUT2D eigenvalue weighted by atomic mass is 10.0. The van der Waals surface area contributed by atoms with Crippen LogP contribution in [0.2, 0.25) is 0 Å². The van der Waals surface area contributed by atoms with Crippen LogP contribution in [0.15, 0.2) is 79.3 Å². The second-order valence-electron chi connectivity index (χ2n) is 10.4. The van der Waals surface area contributed by atoms with Gasteiger partial charge in [-0.3, -0.25) is 15.0 Å². The zero-order chi connectivity index (χ0) is 28.3. The minimum Gasteiger partial charge on any atom is -0.457 e. The van der Waals surface area contributed by atoms with Crippen LogP contribution in [0.1, 0.15) is 36.6 Å². The first kappa shape index (κ1) is 26.3. The molecule has 2 amide bonds. The van der Waals surface area contributed by atoms with E-state index in [1.54, 1.807) is 35.3 Å². The molecule has 208 valence electrons. The van der Waals surface area contributed by atoms with Gasteiger partial charge in [0.2, 0.25) is 0 Å². The third-order valence-electron chi connectivity index (χ3n) is 6.96. The Morgan fingerprint density at radius 1 is 1.00 bits per heavy atom. The molecular formula is C31H32N8O2. The Bertz CT molecular complexity index is 1690. The maximum atomic E-state index is 13.0. The first-order valence-corrected chi connectivity index (χ1v) is 13.6. The van der Waals surface area contributed by atoms with Crippen LogP contribution < -0.4 is 20.7 Å². The molecule has 3 N–H and O–H groups in total. The third kappa shape index (κ3) is 5.97. The molecule has 4 heterocycles. The molecule has 3 aromatic heterocycles. The number of carbonyl (C=O) groups excluding carboxylic acids is 1. The summed E-state index contributed by atoms with van der Waals surface area (Å²) in [5.74, 6) is 2.13. The first-order valence-electron chi connectivity index (χ1n) is 13.6. The van der Waals surface area contributed by atoms with Gasteiger partial charge in [-0.25, -0.2) is 9.48 Å². The number of aromatic nitrogens is 5. The van der Waals surface area contributed by atoms with Crippen LogP contribution in [-0.2, 0) is 20.0 Å². The average molecular weight is 549 g/mol. The Kier molecular flexibility index (Phi) is 7.22. The number of ether oxygens (including phenoxy) is 1. The van der Waals surface area contributed by atoms with Crippen LogP contribution in [-0.4, -0.2) is 37.1 Å². The van der Waals surface area contributed by atoms with Crippen molar-refractivity contribution in [1.82, 2.24) is 29.9 Å². The number of fused-ring (bicyclic) bond motifs is 1. The second-order valence-corrected chi connectivity index (χ2v) is 10.4. The third-order valence-corrected chi connectivity index (χ3v) is 6.96. The standard InChI is InChI=1S/C31H32N8O2/c1-20(2)28-16-30(39(37-28)25-7-4-22-17-32-12-10-21(22)14-25)36-31(40)35-24-5-8-26(9-6-24)41-27-11-13-33-29(15-27)23-18-34-38(3)19-23/h4-9,11,13-16,18-20,32H,10,12,17H2,1-3H3,(H2,35,36,40). The number of nitrogens with zero attached hydrogens (tertiary/aromatic N) is 5. The Morgan fingerprint density at radius 3 is 2.63 bits per heavy atom. The van der Waals surface area contributed by atoms with Gasteiger partial charge in [-0.1, -0.05) is 19.9 Å². The van der Waals surface area contributed by atoms with E-state index in [2.05, 4.69) is 52.0 Å². The quantitative estimate of drug-likeness (QED) is 0.235. The molecule has 0 fully saturated rings. The molecule has 1 aliphatic rings. The molecule has 0 radical (unpaired) electrons. The maximum Gasteiger partial charge on any atom is 0.324 e. The highest BCUT2D eigenvalue weighted by atomic mass is 16.5. The van der Waals surface area contributed by atoms with Gasteiger partial charge in [0.15, 0.2) is 0 Å². The van der Waals surface area contributed by atoms with Gasteiger partial charge >= 0.3 is 6.03 Å². The molecule has 41 heavy (non-hydrogen) atoms. The van der Waals surface area contributed by atoms with Crippen molar-refractivity contribution in [1.29, 1.82) is 0 Å². The highest BCUT2D eigenvalue weighted by molar-refractivity contribution is 5.99. The number of rotatable bonds is 7. The number of nitrogens with one attached hydrogen (secondary N) is 3. The van der Waals surface area contributed by atoms with Gasteiger partial charge in [0.05, 0.1) is 23.3 Å². The number of anilines is 2. The fourth-order valence-electron chi connectivity index (χ4n) is 4.77. The van der Waals surface area contributed by atoms with Gasteiger partial charge in [0.1, 0.15) is 17.3 Å². The number of amides is 2. The summed E-state index contributed by atoms with van der Waals surface area (Å²) in [7, 11) is 1.87. The van der Waals surface area contributed by atoms with E-state index < -0.39 is 0 Å². The number of pyridine rings is 1. The molecule has 0 saturated carbocycles. The van der Waals surface area contributed by atoms with Crippen molar-refractivity contribution in [3.8, 4) is 28.4 Å². The lowest BCUT2D eigenvalue weighted by molar-refractivity contribution is 0.262.